The Balaban J connectivity index is 1.43. The van der Waals surface area contributed by atoms with Crippen LogP contribution < -0.4 is 0 Å². The minimum atomic E-state index is 0.0569. The Morgan fingerprint density at radius 2 is 2.00 bits per heavy atom. The molecule has 3 aliphatic rings. The number of rotatable bonds is 2. The molecular weight excluding hydrogens is 294 g/mol. The fraction of sp³-hybridized carbons (Fsp3) is 0.765. The molecule has 23 heavy (non-hydrogen) atoms. The zero-order chi connectivity index (χ0) is 15.6. The quantitative estimate of drug-likeness (QED) is 0.826. The summed E-state index contributed by atoms with van der Waals surface area (Å²) in [5, 5.41) is 4.10. The molecule has 0 spiro atoms. The largest absolute Gasteiger partial charge is 0.380 e. The molecule has 6 nitrogen and oxygen atoms in total. The predicted molar refractivity (Wildman–Crippen MR) is 84.5 cm³/mol. The van der Waals surface area contributed by atoms with Gasteiger partial charge in [0.2, 0.25) is 0 Å². The van der Waals surface area contributed by atoms with Crippen LogP contribution in [0.2, 0.25) is 0 Å². The molecule has 6 heteroatoms. The lowest BCUT2D eigenvalue weighted by atomic mass is 9.96. The minimum absolute atomic E-state index is 0.0569. The number of aryl methyl sites for hydroxylation is 1. The summed E-state index contributed by atoms with van der Waals surface area (Å²) in [6, 6.07) is 0.532. The number of hydrogen-bond acceptors (Lipinski definition) is 5. The highest BCUT2D eigenvalue weighted by Gasteiger charge is 2.30. The van der Waals surface area contributed by atoms with Gasteiger partial charge in [-0.05, 0) is 32.1 Å². The molecule has 0 radical (unpaired) electrons. The summed E-state index contributed by atoms with van der Waals surface area (Å²) in [6.45, 7) is 5.27. The maximum absolute atomic E-state index is 12.9. The Hall–Kier alpha value is -1.40. The van der Waals surface area contributed by atoms with E-state index in [4.69, 9.17) is 9.26 Å². The Morgan fingerprint density at radius 1 is 1.09 bits per heavy atom. The number of aromatic nitrogens is 1. The van der Waals surface area contributed by atoms with Gasteiger partial charge in [-0.2, -0.15) is 0 Å². The number of carbonyl (C=O) groups excluding carboxylic acids is 1. The molecule has 0 aromatic carbocycles. The van der Waals surface area contributed by atoms with Crippen LogP contribution in [-0.2, 0) is 17.6 Å². The van der Waals surface area contributed by atoms with Crippen molar-refractivity contribution in [2.75, 3.05) is 39.4 Å². The molecule has 1 atom stereocenters. The first-order valence-corrected chi connectivity index (χ1v) is 8.91. The Bertz CT molecular complexity index is 565. The Morgan fingerprint density at radius 3 is 2.87 bits per heavy atom. The second-order valence-electron chi connectivity index (χ2n) is 6.84. The van der Waals surface area contributed by atoms with Gasteiger partial charge in [-0.3, -0.25) is 9.69 Å². The summed E-state index contributed by atoms with van der Waals surface area (Å²) in [7, 11) is 0. The van der Waals surface area contributed by atoms with Gasteiger partial charge in [0, 0.05) is 50.8 Å². The third kappa shape index (κ3) is 3.02. The first-order chi connectivity index (χ1) is 11.3. The molecule has 0 N–H and O–H groups in total. The molecule has 0 bridgehead atoms. The molecule has 2 aliphatic heterocycles. The standard InChI is InChI=1S/C17H25N3O3/c21-17(16-14-4-1-2-5-15(14)23-18-16)20-8-3-7-19(9-10-20)13-6-11-22-12-13/h13H,1-12H2. The van der Waals surface area contributed by atoms with Crippen LogP contribution >= 0.6 is 0 Å². The van der Waals surface area contributed by atoms with Gasteiger partial charge in [0.15, 0.2) is 5.69 Å². The van der Waals surface area contributed by atoms with Crippen LogP contribution in [0.5, 0.6) is 0 Å². The summed E-state index contributed by atoms with van der Waals surface area (Å²) in [6.07, 6.45) is 6.25. The van der Waals surface area contributed by atoms with Crippen molar-refractivity contribution >= 4 is 5.91 Å². The van der Waals surface area contributed by atoms with E-state index in [0.29, 0.717) is 11.7 Å². The van der Waals surface area contributed by atoms with Crippen molar-refractivity contribution < 1.29 is 14.1 Å². The fourth-order valence-corrected chi connectivity index (χ4v) is 4.02. The van der Waals surface area contributed by atoms with Gasteiger partial charge in [0.05, 0.1) is 6.61 Å². The molecule has 3 heterocycles. The minimum Gasteiger partial charge on any atom is -0.380 e. The van der Waals surface area contributed by atoms with E-state index in [1.165, 1.54) is 0 Å². The van der Waals surface area contributed by atoms with Crippen LogP contribution in [0.15, 0.2) is 4.52 Å². The molecule has 4 rings (SSSR count). The summed E-state index contributed by atoms with van der Waals surface area (Å²) < 4.78 is 10.9. The summed E-state index contributed by atoms with van der Waals surface area (Å²) in [5.41, 5.74) is 1.63. The van der Waals surface area contributed by atoms with Gasteiger partial charge in [0.1, 0.15) is 5.76 Å². The van der Waals surface area contributed by atoms with Crippen molar-refractivity contribution in [3.05, 3.63) is 17.0 Å². The summed E-state index contributed by atoms with van der Waals surface area (Å²) in [4.78, 5) is 17.3. The first-order valence-electron chi connectivity index (χ1n) is 8.91. The van der Waals surface area contributed by atoms with Crippen LogP contribution in [0.25, 0.3) is 0 Å². The van der Waals surface area contributed by atoms with Gasteiger partial charge in [-0.1, -0.05) is 5.16 Å². The Kier molecular flexibility index (Phi) is 4.35. The van der Waals surface area contributed by atoms with Gasteiger partial charge in [0.25, 0.3) is 5.91 Å². The van der Waals surface area contributed by atoms with E-state index >= 15 is 0 Å². The number of nitrogens with zero attached hydrogens (tertiary/aromatic N) is 3. The molecule has 0 saturated carbocycles. The van der Waals surface area contributed by atoms with E-state index in [-0.39, 0.29) is 5.91 Å². The highest BCUT2D eigenvalue weighted by Crippen LogP contribution is 2.25. The monoisotopic (exact) mass is 319 g/mol. The third-order valence-electron chi connectivity index (χ3n) is 5.39. The lowest BCUT2D eigenvalue weighted by Crippen LogP contribution is -2.40. The number of ether oxygens (including phenoxy) is 1. The maximum Gasteiger partial charge on any atom is 0.276 e. The van der Waals surface area contributed by atoms with E-state index in [0.717, 1.165) is 89.2 Å². The van der Waals surface area contributed by atoms with Gasteiger partial charge >= 0.3 is 0 Å². The van der Waals surface area contributed by atoms with E-state index in [1.807, 2.05) is 4.90 Å². The van der Waals surface area contributed by atoms with Crippen molar-refractivity contribution in [1.82, 2.24) is 15.0 Å². The third-order valence-corrected chi connectivity index (χ3v) is 5.39. The zero-order valence-corrected chi connectivity index (χ0v) is 13.6. The molecule has 1 aromatic heterocycles. The highest BCUT2D eigenvalue weighted by molar-refractivity contribution is 5.94. The SMILES string of the molecule is O=C(c1noc2c1CCCC2)N1CCCN(C2CCOC2)CC1. The average molecular weight is 319 g/mol. The molecule has 1 amide bonds. The van der Waals surface area contributed by atoms with Crippen LogP contribution in [0.3, 0.4) is 0 Å². The van der Waals surface area contributed by atoms with E-state index < -0.39 is 0 Å². The van der Waals surface area contributed by atoms with Gasteiger partial charge < -0.3 is 14.2 Å². The van der Waals surface area contributed by atoms with E-state index in [2.05, 4.69) is 10.1 Å². The highest BCUT2D eigenvalue weighted by atomic mass is 16.5. The number of carbonyl (C=O) groups is 1. The molecule has 1 aliphatic carbocycles. The maximum atomic E-state index is 12.9. The number of hydrogen-bond donors (Lipinski definition) is 0. The Labute approximate surface area is 136 Å². The van der Waals surface area contributed by atoms with Crippen molar-refractivity contribution in [2.45, 2.75) is 44.6 Å². The molecule has 2 fully saturated rings. The van der Waals surface area contributed by atoms with E-state index in [1.54, 1.807) is 0 Å². The lowest BCUT2D eigenvalue weighted by Gasteiger charge is -2.26. The van der Waals surface area contributed by atoms with Crippen LogP contribution in [-0.4, -0.2) is 66.3 Å². The normalized spacial score (nSPS) is 26.1. The molecule has 1 aromatic rings. The smallest absolute Gasteiger partial charge is 0.276 e. The van der Waals surface area contributed by atoms with Gasteiger partial charge in [-0.25, -0.2) is 0 Å². The molecular formula is C17H25N3O3. The second-order valence-corrected chi connectivity index (χ2v) is 6.84. The first kappa shape index (κ1) is 15.1. The van der Waals surface area contributed by atoms with Gasteiger partial charge in [-0.15, -0.1) is 0 Å². The van der Waals surface area contributed by atoms with Crippen molar-refractivity contribution in [3.63, 3.8) is 0 Å². The van der Waals surface area contributed by atoms with Crippen molar-refractivity contribution in [3.8, 4) is 0 Å². The second kappa shape index (κ2) is 6.61. The van der Waals surface area contributed by atoms with Crippen LogP contribution in [0.1, 0.15) is 47.5 Å². The lowest BCUT2D eigenvalue weighted by molar-refractivity contribution is 0.0745. The average Bonchev–Trinajstić information content (AvgIpc) is 3.19. The zero-order valence-electron chi connectivity index (χ0n) is 13.6. The molecule has 1 unspecified atom stereocenters. The topological polar surface area (TPSA) is 58.8 Å². The summed E-state index contributed by atoms with van der Waals surface area (Å²) >= 11 is 0. The molecule has 2 saturated heterocycles. The van der Waals surface area contributed by atoms with Crippen molar-refractivity contribution in [2.24, 2.45) is 0 Å². The summed E-state index contributed by atoms with van der Waals surface area (Å²) in [5.74, 6) is 0.987. The van der Waals surface area contributed by atoms with Crippen molar-refractivity contribution in [1.29, 1.82) is 0 Å². The number of amides is 1. The predicted octanol–water partition coefficient (Wildman–Crippen LogP) is 1.49. The van der Waals surface area contributed by atoms with Crippen LogP contribution in [0, 0.1) is 0 Å². The van der Waals surface area contributed by atoms with Crippen LogP contribution in [0.4, 0.5) is 0 Å². The fourth-order valence-electron chi connectivity index (χ4n) is 4.02. The molecule has 126 valence electrons. The number of fused-ring (bicyclic) bond motifs is 1. The van der Waals surface area contributed by atoms with E-state index in [9.17, 15) is 4.79 Å².